The van der Waals surface area contributed by atoms with Gasteiger partial charge in [-0.3, -0.25) is 9.59 Å². The molecule has 0 spiro atoms. The average Bonchev–Trinajstić information content (AvgIpc) is 2.45. The number of nitrogens with zero attached hydrogens (tertiary/aromatic N) is 1. The highest BCUT2D eigenvalue weighted by atomic mass is 16.5. The van der Waals surface area contributed by atoms with E-state index in [0.717, 1.165) is 0 Å². The lowest BCUT2D eigenvalue weighted by Crippen LogP contribution is -2.44. The Labute approximate surface area is 130 Å². The number of nitrogens with one attached hydrogen (secondary N) is 2. The highest BCUT2D eigenvalue weighted by Crippen LogP contribution is 2.33. The van der Waals surface area contributed by atoms with E-state index < -0.39 is 0 Å². The van der Waals surface area contributed by atoms with Gasteiger partial charge >= 0.3 is 0 Å². The number of anilines is 1. The largest absolute Gasteiger partial charge is 0.486 e. The van der Waals surface area contributed by atoms with Crippen molar-refractivity contribution in [2.24, 2.45) is 5.92 Å². The first-order chi connectivity index (χ1) is 10.4. The maximum Gasteiger partial charge on any atom is 0.257 e. The number of amides is 2. The molecule has 120 valence electrons. The maximum absolute atomic E-state index is 12.6. The normalized spacial score (nSPS) is 21.5. The summed E-state index contributed by atoms with van der Waals surface area (Å²) in [6.07, 6.45) is -0.0887. The molecule has 1 aliphatic rings. The highest BCUT2D eigenvalue weighted by molar-refractivity contribution is 6.01. The second-order valence-electron chi connectivity index (χ2n) is 5.74. The lowest BCUT2D eigenvalue weighted by molar-refractivity contribution is -0.114. The number of hydrogen-bond donors (Lipinski definition) is 2. The van der Waals surface area contributed by atoms with Crippen LogP contribution in [-0.2, 0) is 4.79 Å². The van der Waals surface area contributed by atoms with Crippen LogP contribution >= 0.6 is 0 Å². The zero-order chi connectivity index (χ0) is 16.3. The molecule has 2 amide bonds. The van der Waals surface area contributed by atoms with Crippen LogP contribution in [0.3, 0.4) is 0 Å². The zero-order valence-corrected chi connectivity index (χ0v) is 13.5. The summed E-state index contributed by atoms with van der Waals surface area (Å²) < 4.78 is 6.12. The van der Waals surface area contributed by atoms with Crippen molar-refractivity contribution in [3.8, 4) is 5.75 Å². The smallest absolute Gasteiger partial charge is 0.257 e. The predicted octanol–water partition coefficient (Wildman–Crippen LogP) is 1.33. The molecule has 0 radical (unpaired) electrons. The molecule has 22 heavy (non-hydrogen) atoms. The number of para-hydroxylation sites is 1. The molecule has 1 aromatic rings. The van der Waals surface area contributed by atoms with Gasteiger partial charge in [-0.1, -0.05) is 13.0 Å². The van der Waals surface area contributed by atoms with Crippen LogP contribution in [0.5, 0.6) is 5.75 Å². The third-order valence-corrected chi connectivity index (χ3v) is 3.77. The standard InChI is InChI=1S/C16H23N3O3/c1-10-9-19(4)16(21)12-6-5-7-13(18-11(2)20)15(12)22-14(10)8-17-3/h5-7,10,14,17H,8-9H2,1-4H3,(H,18,20)/t10-,14-/m1/s1. The van der Waals surface area contributed by atoms with Gasteiger partial charge in [0.1, 0.15) is 6.10 Å². The summed E-state index contributed by atoms with van der Waals surface area (Å²) >= 11 is 0. The van der Waals surface area contributed by atoms with Crippen LogP contribution in [0.15, 0.2) is 18.2 Å². The van der Waals surface area contributed by atoms with Gasteiger partial charge < -0.3 is 20.3 Å². The molecule has 2 rings (SSSR count). The molecule has 1 heterocycles. The SMILES string of the molecule is CNC[C@H]1Oc2c(NC(C)=O)cccc2C(=O)N(C)C[C@H]1C. The molecule has 0 saturated carbocycles. The topological polar surface area (TPSA) is 70.7 Å². The van der Waals surface area contributed by atoms with Gasteiger partial charge in [-0.05, 0) is 19.2 Å². The molecule has 0 unspecified atom stereocenters. The Bertz CT molecular complexity index is 574. The minimum absolute atomic E-state index is 0.0887. The summed E-state index contributed by atoms with van der Waals surface area (Å²) in [7, 11) is 3.65. The van der Waals surface area contributed by atoms with Gasteiger partial charge in [0.05, 0.1) is 11.3 Å². The van der Waals surface area contributed by atoms with Gasteiger partial charge in [0.15, 0.2) is 5.75 Å². The van der Waals surface area contributed by atoms with E-state index in [0.29, 0.717) is 30.1 Å². The first-order valence-electron chi connectivity index (χ1n) is 7.41. The van der Waals surface area contributed by atoms with Crippen molar-refractivity contribution in [1.29, 1.82) is 0 Å². The summed E-state index contributed by atoms with van der Waals surface area (Å²) in [6, 6.07) is 5.22. The third-order valence-electron chi connectivity index (χ3n) is 3.77. The Hall–Kier alpha value is -2.08. The molecule has 6 heteroatoms. The minimum Gasteiger partial charge on any atom is -0.486 e. The van der Waals surface area contributed by atoms with Crippen LogP contribution in [0.2, 0.25) is 0 Å². The van der Waals surface area contributed by atoms with Crippen LogP contribution in [0, 0.1) is 5.92 Å². The molecule has 1 aromatic carbocycles. The van der Waals surface area contributed by atoms with Crippen LogP contribution in [0.25, 0.3) is 0 Å². The van der Waals surface area contributed by atoms with E-state index in [1.807, 2.05) is 7.05 Å². The second kappa shape index (κ2) is 6.79. The van der Waals surface area contributed by atoms with Gasteiger partial charge in [0.2, 0.25) is 5.91 Å². The van der Waals surface area contributed by atoms with Gasteiger partial charge in [-0.15, -0.1) is 0 Å². The fraction of sp³-hybridized carbons (Fsp3) is 0.500. The summed E-state index contributed by atoms with van der Waals surface area (Å²) in [5.74, 6) is 0.316. The van der Waals surface area contributed by atoms with Crippen molar-refractivity contribution in [2.75, 3.05) is 32.5 Å². The Morgan fingerprint density at radius 1 is 1.45 bits per heavy atom. The van der Waals surface area contributed by atoms with Crippen molar-refractivity contribution in [3.63, 3.8) is 0 Å². The van der Waals surface area contributed by atoms with Crippen molar-refractivity contribution < 1.29 is 14.3 Å². The molecule has 1 aliphatic heterocycles. The van der Waals surface area contributed by atoms with E-state index >= 15 is 0 Å². The molecule has 2 N–H and O–H groups in total. The number of carbonyl (C=O) groups excluding carboxylic acids is 2. The molecule has 2 atom stereocenters. The fourth-order valence-electron chi connectivity index (χ4n) is 2.67. The molecule has 0 bridgehead atoms. The van der Waals surface area contributed by atoms with Gasteiger partial charge in [0, 0.05) is 33.0 Å². The summed E-state index contributed by atoms with van der Waals surface area (Å²) in [4.78, 5) is 25.7. The lowest BCUT2D eigenvalue weighted by atomic mass is 10.0. The third kappa shape index (κ3) is 3.39. The number of carbonyl (C=O) groups is 2. The molecular formula is C16H23N3O3. The number of rotatable bonds is 3. The molecular weight excluding hydrogens is 282 g/mol. The van der Waals surface area contributed by atoms with Gasteiger partial charge in [-0.2, -0.15) is 0 Å². The van der Waals surface area contributed by atoms with Crippen molar-refractivity contribution >= 4 is 17.5 Å². The molecule has 0 aromatic heterocycles. The van der Waals surface area contributed by atoms with Gasteiger partial charge in [-0.25, -0.2) is 0 Å². The van der Waals surface area contributed by atoms with Crippen LogP contribution < -0.4 is 15.4 Å². The summed E-state index contributed by atoms with van der Waals surface area (Å²) in [5, 5.41) is 5.86. The number of likely N-dealkylation sites (N-methyl/N-ethyl adjacent to an activating group) is 1. The van der Waals surface area contributed by atoms with E-state index in [1.54, 1.807) is 30.1 Å². The monoisotopic (exact) mass is 305 g/mol. The van der Waals surface area contributed by atoms with Crippen LogP contribution in [-0.4, -0.2) is 50.0 Å². The highest BCUT2D eigenvalue weighted by Gasteiger charge is 2.30. The van der Waals surface area contributed by atoms with Crippen LogP contribution in [0.1, 0.15) is 24.2 Å². The number of hydrogen-bond acceptors (Lipinski definition) is 4. The van der Waals surface area contributed by atoms with Crippen molar-refractivity contribution in [3.05, 3.63) is 23.8 Å². The number of fused-ring (bicyclic) bond motifs is 1. The van der Waals surface area contributed by atoms with Crippen molar-refractivity contribution in [1.82, 2.24) is 10.2 Å². The first-order valence-corrected chi connectivity index (χ1v) is 7.41. The first kappa shape index (κ1) is 16.3. The Morgan fingerprint density at radius 2 is 2.18 bits per heavy atom. The van der Waals surface area contributed by atoms with Crippen molar-refractivity contribution in [2.45, 2.75) is 20.0 Å². The van der Waals surface area contributed by atoms with Gasteiger partial charge in [0.25, 0.3) is 5.91 Å². The predicted molar refractivity (Wildman–Crippen MR) is 85.2 cm³/mol. The number of ether oxygens (including phenoxy) is 1. The summed E-state index contributed by atoms with van der Waals surface area (Å²) in [6.45, 7) is 4.77. The Morgan fingerprint density at radius 3 is 2.82 bits per heavy atom. The molecule has 0 fully saturated rings. The van der Waals surface area contributed by atoms with E-state index in [-0.39, 0.29) is 23.8 Å². The minimum atomic E-state index is -0.196. The maximum atomic E-state index is 12.6. The van der Waals surface area contributed by atoms with E-state index in [2.05, 4.69) is 17.6 Å². The fourth-order valence-corrected chi connectivity index (χ4v) is 2.67. The Kier molecular flexibility index (Phi) is 5.03. The Balaban J connectivity index is 2.49. The van der Waals surface area contributed by atoms with E-state index in [1.165, 1.54) is 6.92 Å². The number of benzene rings is 1. The second-order valence-corrected chi connectivity index (χ2v) is 5.74. The molecule has 0 aliphatic carbocycles. The van der Waals surface area contributed by atoms with E-state index in [4.69, 9.17) is 4.74 Å². The summed E-state index contributed by atoms with van der Waals surface area (Å²) in [5.41, 5.74) is 1.00. The van der Waals surface area contributed by atoms with Crippen LogP contribution in [0.4, 0.5) is 5.69 Å². The molecule has 0 saturated heterocycles. The zero-order valence-electron chi connectivity index (χ0n) is 13.5. The lowest BCUT2D eigenvalue weighted by Gasteiger charge is -2.33. The van der Waals surface area contributed by atoms with E-state index in [9.17, 15) is 9.59 Å². The average molecular weight is 305 g/mol. The molecule has 6 nitrogen and oxygen atoms in total. The quantitative estimate of drug-likeness (QED) is 0.884.